The molecule has 27 heavy (non-hydrogen) atoms. The van der Waals surface area contributed by atoms with Crippen LogP contribution >= 0.6 is 23.1 Å². The number of fused-ring (bicyclic) bond motifs is 1. The Morgan fingerprint density at radius 3 is 2.41 bits per heavy atom. The Labute approximate surface area is 211 Å². The molecule has 1 aromatic heterocycles. The molecular formula is C15H18N2Na2O6S2. The summed E-state index contributed by atoms with van der Waals surface area (Å²) in [5.41, 5.74) is 0.349. The minimum atomic E-state index is -1.40. The molecule has 2 amide bonds. The van der Waals surface area contributed by atoms with Crippen LogP contribution in [0.2, 0.25) is 0 Å². The average molecular weight is 432 g/mol. The third-order valence-electron chi connectivity index (χ3n) is 4.36. The van der Waals surface area contributed by atoms with Gasteiger partial charge in [-0.1, -0.05) is 0 Å². The van der Waals surface area contributed by atoms with Crippen LogP contribution < -0.4 is 64.4 Å². The third-order valence-corrected chi connectivity index (χ3v) is 6.63. The van der Waals surface area contributed by atoms with E-state index >= 15 is 0 Å². The number of carboxylic acids is 2. The molecule has 0 aliphatic carbocycles. The minimum absolute atomic E-state index is 0. The SMILES string of the molecule is CC1(C)S[C@@H]2[C@H](NC(=O)[C@H](C(=O)O)c3ccsc3)C(=O)N2[C@H]1C(=O)O.[H-].[H-].[Na+].[Na+]. The van der Waals surface area contributed by atoms with Crippen molar-refractivity contribution in [2.75, 3.05) is 0 Å². The van der Waals surface area contributed by atoms with Crippen molar-refractivity contribution in [2.24, 2.45) is 0 Å². The molecule has 0 saturated carbocycles. The fourth-order valence-corrected chi connectivity index (χ4v) is 5.54. The summed E-state index contributed by atoms with van der Waals surface area (Å²) >= 11 is 2.56. The predicted octanol–water partition coefficient (Wildman–Crippen LogP) is -5.22. The number of thioether (sulfide) groups is 1. The molecule has 138 valence electrons. The second kappa shape index (κ2) is 9.17. The number of amides is 2. The number of nitrogens with zero attached hydrogens (tertiary/aromatic N) is 1. The van der Waals surface area contributed by atoms with Crippen molar-refractivity contribution in [1.29, 1.82) is 0 Å². The Hall–Kier alpha value is -0.0700. The van der Waals surface area contributed by atoms with Gasteiger partial charge in [0.25, 0.3) is 0 Å². The standard InChI is InChI=1S/C15H16N2O6S2.2Na.2H/c1-15(2)9(14(22)23)17-11(19)8(12(17)25-15)16-10(18)7(13(20)21)6-3-4-24-5-6;;;;/h3-5,7-9,12H,1-2H3,(H,16,18)(H,20,21)(H,22,23);;;;/q;2*+1;2*-1/t7-,8-,9+,12-;;;;/m1..../s1. The first-order valence-corrected chi connectivity index (χ1v) is 9.25. The smallest absolute Gasteiger partial charge is 1.00 e. The number of thiophene rings is 1. The summed E-state index contributed by atoms with van der Waals surface area (Å²) in [5.74, 6) is -5.08. The molecule has 12 heteroatoms. The number of hydrogen-bond acceptors (Lipinski definition) is 6. The number of carbonyl (C=O) groups is 4. The van der Waals surface area contributed by atoms with E-state index in [1.807, 2.05) is 0 Å². The van der Waals surface area contributed by atoms with Gasteiger partial charge in [0.2, 0.25) is 11.8 Å². The average Bonchev–Trinajstić information content (AvgIpc) is 3.09. The number of β-lactam (4-membered cyclic amide) rings is 1. The van der Waals surface area contributed by atoms with Crippen molar-refractivity contribution in [3.8, 4) is 0 Å². The molecule has 2 saturated heterocycles. The number of carboxylic acid groups (broad SMARTS) is 2. The monoisotopic (exact) mass is 432 g/mol. The maximum atomic E-state index is 12.4. The molecule has 2 aliphatic heterocycles. The summed E-state index contributed by atoms with van der Waals surface area (Å²) < 4.78 is -0.703. The number of hydrogen-bond donors (Lipinski definition) is 3. The van der Waals surface area contributed by atoms with Crippen LogP contribution in [0.25, 0.3) is 0 Å². The molecule has 2 aliphatic rings. The summed E-state index contributed by atoms with van der Waals surface area (Å²) in [5, 5.41) is 23.9. The Morgan fingerprint density at radius 2 is 1.93 bits per heavy atom. The maximum absolute atomic E-state index is 12.4. The van der Waals surface area contributed by atoms with Gasteiger partial charge in [-0.05, 0) is 36.2 Å². The van der Waals surface area contributed by atoms with E-state index in [0.717, 1.165) is 0 Å². The third kappa shape index (κ3) is 4.42. The van der Waals surface area contributed by atoms with Gasteiger partial charge in [-0.15, -0.1) is 11.8 Å². The quantitative estimate of drug-likeness (QED) is 0.241. The van der Waals surface area contributed by atoms with Gasteiger partial charge >= 0.3 is 71.1 Å². The summed E-state index contributed by atoms with van der Waals surface area (Å²) in [7, 11) is 0. The number of carbonyl (C=O) groups excluding carboxylic acids is 2. The molecular weight excluding hydrogens is 414 g/mol. The number of nitrogens with one attached hydrogen (secondary N) is 1. The fraction of sp³-hybridized carbons (Fsp3) is 0.467. The van der Waals surface area contributed by atoms with Crippen molar-refractivity contribution >= 4 is 46.9 Å². The molecule has 0 unspecified atom stereocenters. The zero-order valence-electron chi connectivity index (χ0n) is 17.3. The van der Waals surface area contributed by atoms with E-state index in [2.05, 4.69) is 5.32 Å². The van der Waals surface area contributed by atoms with Gasteiger partial charge in [-0.25, -0.2) is 4.79 Å². The molecule has 1 aromatic rings. The van der Waals surface area contributed by atoms with Gasteiger partial charge in [0.15, 0.2) is 5.92 Å². The summed E-state index contributed by atoms with van der Waals surface area (Å²) in [6.45, 7) is 3.46. The summed E-state index contributed by atoms with van der Waals surface area (Å²) in [6, 6.07) is -0.344. The van der Waals surface area contributed by atoms with Crippen LogP contribution in [0, 0.1) is 0 Å². The maximum Gasteiger partial charge on any atom is 1.00 e. The van der Waals surface area contributed by atoms with Crippen LogP contribution in [-0.4, -0.2) is 61.1 Å². The van der Waals surface area contributed by atoms with Crippen molar-refractivity contribution in [1.82, 2.24) is 10.2 Å². The molecule has 0 spiro atoms. The first-order valence-electron chi connectivity index (χ1n) is 7.43. The van der Waals surface area contributed by atoms with Gasteiger partial charge in [-0.2, -0.15) is 11.3 Å². The van der Waals surface area contributed by atoms with E-state index < -0.39 is 51.9 Å². The van der Waals surface area contributed by atoms with Gasteiger partial charge in [0.05, 0.1) is 0 Å². The number of rotatable bonds is 5. The molecule has 3 N–H and O–H groups in total. The van der Waals surface area contributed by atoms with Crippen LogP contribution in [-0.2, 0) is 19.2 Å². The zero-order valence-corrected chi connectivity index (χ0v) is 21.0. The number of aliphatic carboxylic acids is 2. The predicted molar refractivity (Wildman–Crippen MR) is 92.6 cm³/mol. The largest absolute Gasteiger partial charge is 1.00 e. The van der Waals surface area contributed by atoms with Gasteiger partial charge in [0.1, 0.15) is 17.5 Å². The van der Waals surface area contributed by atoms with Gasteiger partial charge in [-0.3, -0.25) is 14.4 Å². The van der Waals surface area contributed by atoms with Crippen molar-refractivity contribution in [3.63, 3.8) is 0 Å². The van der Waals surface area contributed by atoms with Crippen molar-refractivity contribution in [3.05, 3.63) is 22.4 Å². The molecule has 3 rings (SSSR count). The fourth-order valence-electron chi connectivity index (χ4n) is 3.23. The Balaban J connectivity index is 0. The Morgan fingerprint density at radius 1 is 1.30 bits per heavy atom. The van der Waals surface area contributed by atoms with E-state index in [-0.39, 0.29) is 62.0 Å². The van der Waals surface area contributed by atoms with E-state index in [4.69, 9.17) is 0 Å². The molecule has 0 aromatic carbocycles. The Kier molecular flexibility index (Phi) is 8.48. The normalized spacial score (nSPS) is 25.9. The summed E-state index contributed by atoms with van der Waals surface area (Å²) in [4.78, 5) is 48.9. The van der Waals surface area contributed by atoms with Crippen LogP contribution in [0.5, 0.6) is 0 Å². The minimum Gasteiger partial charge on any atom is -1.00 e. The molecule has 2 fully saturated rings. The van der Waals surface area contributed by atoms with Crippen LogP contribution in [0.15, 0.2) is 16.8 Å². The molecule has 4 atom stereocenters. The molecule has 0 bridgehead atoms. The van der Waals surface area contributed by atoms with Crippen LogP contribution in [0.3, 0.4) is 0 Å². The van der Waals surface area contributed by atoms with E-state index in [1.54, 1.807) is 30.7 Å². The molecule has 8 nitrogen and oxygen atoms in total. The van der Waals surface area contributed by atoms with Crippen LogP contribution in [0.4, 0.5) is 0 Å². The van der Waals surface area contributed by atoms with Crippen molar-refractivity contribution < 1.29 is 91.4 Å². The van der Waals surface area contributed by atoms with E-state index in [1.165, 1.54) is 28.0 Å². The first-order chi connectivity index (χ1) is 11.6. The van der Waals surface area contributed by atoms with E-state index in [9.17, 15) is 29.4 Å². The zero-order chi connectivity index (χ0) is 18.5. The second-order valence-electron chi connectivity index (χ2n) is 6.41. The van der Waals surface area contributed by atoms with Crippen molar-refractivity contribution in [2.45, 2.75) is 42.0 Å². The summed E-state index contributed by atoms with van der Waals surface area (Å²) in [6.07, 6.45) is 0. The van der Waals surface area contributed by atoms with E-state index in [0.29, 0.717) is 5.56 Å². The van der Waals surface area contributed by atoms with Gasteiger partial charge < -0.3 is 23.3 Å². The first kappa shape index (κ1) is 25.0. The topological polar surface area (TPSA) is 124 Å². The van der Waals surface area contributed by atoms with Crippen LogP contribution in [0.1, 0.15) is 28.2 Å². The Bertz CT molecular complexity index is 768. The molecule has 0 radical (unpaired) electrons. The molecule has 3 heterocycles. The second-order valence-corrected chi connectivity index (χ2v) is 8.96. The van der Waals surface area contributed by atoms with Gasteiger partial charge in [0, 0.05) is 4.75 Å².